The third-order valence-electron chi connectivity index (χ3n) is 3.62. The number of alkyl halides is 3. The molecule has 0 saturated carbocycles. The molecule has 1 aliphatic heterocycles. The molecule has 0 fully saturated rings. The van der Waals surface area contributed by atoms with Crippen molar-refractivity contribution in [1.82, 2.24) is 0 Å². The minimum Gasteiger partial charge on any atom is -0.478 e. The van der Waals surface area contributed by atoms with E-state index in [1.54, 1.807) is 0 Å². The van der Waals surface area contributed by atoms with E-state index in [-0.39, 0.29) is 33.5 Å². The first kappa shape index (κ1) is 18.8. The molecule has 3 rings (SSSR count). The molecule has 0 aliphatic carbocycles. The van der Waals surface area contributed by atoms with Gasteiger partial charge in [-0.25, -0.2) is 9.18 Å². The highest BCUT2D eigenvalue weighted by molar-refractivity contribution is 6.32. The van der Waals surface area contributed by atoms with Gasteiger partial charge in [-0.15, -0.1) is 0 Å². The highest BCUT2D eigenvalue weighted by Crippen LogP contribution is 2.42. The van der Waals surface area contributed by atoms with Gasteiger partial charge in [0, 0.05) is 23.4 Å². The van der Waals surface area contributed by atoms with Crippen molar-refractivity contribution in [2.45, 2.75) is 12.3 Å². The fourth-order valence-corrected chi connectivity index (χ4v) is 2.62. The molecule has 1 unspecified atom stereocenters. The number of rotatable bonds is 3. The Hall–Kier alpha value is -2.94. The molecule has 0 saturated heterocycles. The Morgan fingerprint density at radius 3 is 2.52 bits per heavy atom. The summed E-state index contributed by atoms with van der Waals surface area (Å²) in [6, 6.07) is 5.78. The maximum Gasteiger partial charge on any atom is 0.430 e. The molecule has 142 valence electrons. The highest BCUT2D eigenvalue weighted by atomic mass is 35.5. The number of halogens is 5. The zero-order chi connectivity index (χ0) is 19.9. The van der Waals surface area contributed by atoms with Gasteiger partial charge in [-0.3, -0.25) is 0 Å². The lowest BCUT2D eigenvalue weighted by atomic mass is 10.0. The third kappa shape index (κ3) is 3.77. The first-order valence-corrected chi connectivity index (χ1v) is 7.68. The molecule has 0 amide bonds. The van der Waals surface area contributed by atoms with Crippen LogP contribution >= 0.6 is 11.6 Å². The average Bonchev–Trinajstić information content (AvgIpc) is 2.55. The van der Waals surface area contributed by atoms with Crippen molar-refractivity contribution >= 4 is 29.3 Å². The number of hydrogen-bond acceptors (Lipinski definition) is 4. The number of nitrogens with two attached hydrogens (primary N) is 1. The van der Waals surface area contributed by atoms with Gasteiger partial charge in [-0.1, -0.05) is 11.6 Å². The number of carboxylic acids is 1. The van der Waals surface area contributed by atoms with Crippen LogP contribution in [0.3, 0.4) is 0 Å². The van der Waals surface area contributed by atoms with Gasteiger partial charge in [0.25, 0.3) is 0 Å². The molecule has 27 heavy (non-hydrogen) atoms. The Kier molecular flexibility index (Phi) is 4.64. The molecule has 1 heterocycles. The number of benzene rings is 2. The molecule has 5 nitrogen and oxygen atoms in total. The summed E-state index contributed by atoms with van der Waals surface area (Å²) < 4.78 is 63.3. The summed E-state index contributed by atoms with van der Waals surface area (Å²) in [4.78, 5) is 11.1. The molecule has 3 N–H and O–H groups in total. The fraction of sp³-hybridized carbons (Fsp3) is 0.118. The second kappa shape index (κ2) is 6.66. The van der Waals surface area contributed by atoms with E-state index in [1.165, 1.54) is 12.1 Å². The Balaban J connectivity index is 2.02. The number of anilines is 1. The SMILES string of the molecule is Nc1ccc(Oc2cc3c(cc2Cl)C=C(C(=O)O)C(C(F)(F)F)O3)c(F)c1. The predicted molar refractivity (Wildman–Crippen MR) is 88.4 cm³/mol. The van der Waals surface area contributed by atoms with Gasteiger partial charge < -0.3 is 20.3 Å². The lowest BCUT2D eigenvalue weighted by Gasteiger charge is -2.27. The van der Waals surface area contributed by atoms with Gasteiger partial charge in [0.2, 0.25) is 6.10 Å². The second-order valence-electron chi connectivity index (χ2n) is 5.56. The minimum atomic E-state index is -4.95. The van der Waals surface area contributed by atoms with E-state index in [4.69, 9.17) is 31.9 Å². The summed E-state index contributed by atoms with van der Waals surface area (Å²) in [5.74, 6) is -3.31. The van der Waals surface area contributed by atoms with Gasteiger partial charge in [0.05, 0.1) is 10.6 Å². The van der Waals surface area contributed by atoms with E-state index >= 15 is 0 Å². The van der Waals surface area contributed by atoms with Crippen LogP contribution in [-0.4, -0.2) is 23.4 Å². The maximum absolute atomic E-state index is 13.9. The topological polar surface area (TPSA) is 81.8 Å². The van der Waals surface area contributed by atoms with E-state index in [9.17, 15) is 22.4 Å². The normalized spacial score (nSPS) is 16.2. The Morgan fingerprint density at radius 2 is 1.93 bits per heavy atom. The molecule has 0 spiro atoms. The monoisotopic (exact) mass is 403 g/mol. The largest absolute Gasteiger partial charge is 0.478 e. The molecule has 0 aromatic heterocycles. The molecular weight excluding hydrogens is 394 g/mol. The molecular formula is C17H10ClF4NO4. The number of carboxylic acid groups (broad SMARTS) is 1. The standard InChI is InChI=1S/C17H10ClF4NO4/c18-10-4-7-3-9(16(24)25)15(17(20,21)22)27-13(7)6-14(10)26-12-2-1-8(23)5-11(12)19/h1-6,15H,23H2,(H,24,25). The zero-order valence-corrected chi connectivity index (χ0v) is 13.9. The van der Waals surface area contributed by atoms with Crippen molar-refractivity contribution in [3.63, 3.8) is 0 Å². The Labute approximate surface area is 154 Å². The number of carbonyl (C=O) groups is 1. The number of nitrogen functional groups attached to an aromatic ring is 1. The lowest BCUT2D eigenvalue weighted by Crippen LogP contribution is -2.40. The summed E-state index contributed by atoms with van der Waals surface area (Å²) in [6.45, 7) is 0. The average molecular weight is 404 g/mol. The first-order valence-electron chi connectivity index (χ1n) is 7.31. The van der Waals surface area contributed by atoms with Gasteiger partial charge in [0.1, 0.15) is 11.5 Å². The van der Waals surface area contributed by atoms with Crippen molar-refractivity contribution in [1.29, 1.82) is 0 Å². The minimum absolute atomic E-state index is 0.0167. The number of aliphatic carboxylic acids is 1. The molecule has 0 bridgehead atoms. The van der Waals surface area contributed by atoms with Crippen LogP contribution in [0.2, 0.25) is 5.02 Å². The number of ether oxygens (including phenoxy) is 2. The van der Waals surface area contributed by atoms with Gasteiger partial charge in [-0.05, 0) is 24.3 Å². The van der Waals surface area contributed by atoms with Crippen molar-refractivity contribution in [3.8, 4) is 17.2 Å². The van der Waals surface area contributed by atoms with Crippen LogP contribution in [0, 0.1) is 5.82 Å². The maximum atomic E-state index is 13.9. The molecule has 1 aliphatic rings. The molecule has 2 aromatic carbocycles. The van der Waals surface area contributed by atoms with E-state index < -0.39 is 29.6 Å². The lowest BCUT2D eigenvalue weighted by molar-refractivity contribution is -0.187. The van der Waals surface area contributed by atoms with E-state index in [0.29, 0.717) is 0 Å². The summed E-state index contributed by atoms with van der Waals surface area (Å²) in [7, 11) is 0. The van der Waals surface area contributed by atoms with Crippen LogP contribution in [0.15, 0.2) is 35.9 Å². The Bertz CT molecular complexity index is 959. The van der Waals surface area contributed by atoms with Gasteiger partial charge in [-0.2, -0.15) is 13.2 Å². The van der Waals surface area contributed by atoms with Crippen molar-refractivity contribution in [2.24, 2.45) is 0 Å². The molecule has 0 radical (unpaired) electrons. The fourth-order valence-electron chi connectivity index (χ4n) is 2.41. The van der Waals surface area contributed by atoms with Gasteiger partial charge >= 0.3 is 12.1 Å². The molecule has 1 atom stereocenters. The summed E-state index contributed by atoms with van der Waals surface area (Å²) >= 11 is 6.02. The quantitative estimate of drug-likeness (QED) is 0.576. The van der Waals surface area contributed by atoms with Crippen molar-refractivity contribution < 1.29 is 36.9 Å². The van der Waals surface area contributed by atoms with E-state index in [2.05, 4.69) is 0 Å². The van der Waals surface area contributed by atoms with Crippen LogP contribution in [0.4, 0.5) is 23.2 Å². The van der Waals surface area contributed by atoms with Crippen molar-refractivity contribution in [3.05, 3.63) is 52.3 Å². The van der Waals surface area contributed by atoms with Crippen LogP contribution in [0.1, 0.15) is 5.56 Å². The first-order chi connectivity index (χ1) is 12.6. The van der Waals surface area contributed by atoms with E-state index in [1.807, 2.05) is 0 Å². The zero-order valence-electron chi connectivity index (χ0n) is 13.2. The Morgan fingerprint density at radius 1 is 1.22 bits per heavy atom. The van der Waals surface area contributed by atoms with Gasteiger partial charge in [0.15, 0.2) is 11.6 Å². The van der Waals surface area contributed by atoms with Crippen LogP contribution in [0.5, 0.6) is 17.2 Å². The summed E-state index contributed by atoms with van der Waals surface area (Å²) in [6.07, 6.45) is -6.80. The number of fused-ring (bicyclic) bond motifs is 1. The second-order valence-corrected chi connectivity index (χ2v) is 5.96. The van der Waals surface area contributed by atoms with Crippen LogP contribution < -0.4 is 15.2 Å². The summed E-state index contributed by atoms with van der Waals surface area (Å²) in [5, 5.41) is 8.93. The van der Waals surface area contributed by atoms with E-state index in [0.717, 1.165) is 24.3 Å². The summed E-state index contributed by atoms with van der Waals surface area (Å²) in [5.41, 5.74) is 4.62. The third-order valence-corrected chi connectivity index (χ3v) is 3.92. The predicted octanol–water partition coefficient (Wildman–Crippen LogP) is 4.64. The molecule has 2 aromatic rings. The van der Waals surface area contributed by atoms with Crippen LogP contribution in [-0.2, 0) is 4.79 Å². The molecule has 10 heteroatoms. The van der Waals surface area contributed by atoms with Crippen molar-refractivity contribution in [2.75, 3.05) is 5.73 Å². The highest BCUT2D eigenvalue weighted by Gasteiger charge is 2.48. The van der Waals surface area contributed by atoms with Crippen LogP contribution in [0.25, 0.3) is 6.08 Å². The number of hydrogen-bond donors (Lipinski definition) is 2. The smallest absolute Gasteiger partial charge is 0.430 e.